The molecule has 0 radical (unpaired) electrons. The van der Waals surface area contributed by atoms with Gasteiger partial charge in [0.2, 0.25) is 0 Å². The third-order valence-electron chi connectivity index (χ3n) is 5.22. The molecule has 1 saturated heterocycles. The van der Waals surface area contributed by atoms with Crippen molar-refractivity contribution in [1.82, 2.24) is 9.88 Å². The van der Waals surface area contributed by atoms with Gasteiger partial charge in [0.05, 0.1) is 38.0 Å². The molecule has 1 aliphatic heterocycles. The predicted molar refractivity (Wildman–Crippen MR) is 123 cm³/mol. The summed E-state index contributed by atoms with van der Waals surface area (Å²) in [5.41, 5.74) is 1.12. The minimum absolute atomic E-state index is 0.184. The number of methoxy groups -OCH3 is 2. The topological polar surface area (TPSA) is 64.1 Å². The van der Waals surface area contributed by atoms with Crippen LogP contribution in [-0.4, -0.2) is 69.4 Å². The second-order valence-corrected chi connectivity index (χ2v) is 8.42. The summed E-state index contributed by atoms with van der Waals surface area (Å²) in [6.45, 7) is 4.28. The Morgan fingerprint density at radius 1 is 1.16 bits per heavy atom. The van der Waals surface area contributed by atoms with Crippen molar-refractivity contribution in [3.05, 3.63) is 47.0 Å². The van der Waals surface area contributed by atoms with Crippen LogP contribution in [0.1, 0.15) is 10.4 Å². The van der Waals surface area contributed by atoms with Crippen LogP contribution in [-0.2, 0) is 4.74 Å². The fourth-order valence-electron chi connectivity index (χ4n) is 3.52. The predicted octanol–water partition coefficient (Wildman–Crippen LogP) is 3.95. The van der Waals surface area contributed by atoms with E-state index in [1.807, 2.05) is 24.3 Å². The molecule has 0 aliphatic carbocycles. The minimum atomic E-state index is -0.184. The van der Waals surface area contributed by atoms with E-state index in [1.165, 1.54) is 11.3 Å². The number of morpholine rings is 1. The van der Waals surface area contributed by atoms with Crippen molar-refractivity contribution >= 4 is 44.2 Å². The number of carbonyl (C=O) groups excluding carboxylic acids is 1. The molecule has 1 aromatic heterocycles. The molecule has 0 atom stereocenters. The Balaban J connectivity index is 1.72. The lowest BCUT2D eigenvalue weighted by molar-refractivity contribution is 0.0391. The summed E-state index contributed by atoms with van der Waals surface area (Å²) in [4.78, 5) is 22.3. The average molecular weight is 462 g/mol. The van der Waals surface area contributed by atoms with Gasteiger partial charge in [0.25, 0.3) is 5.91 Å². The van der Waals surface area contributed by atoms with E-state index in [0.717, 1.165) is 17.8 Å². The van der Waals surface area contributed by atoms with Crippen LogP contribution >= 0.6 is 22.9 Å². The maximum Gasteiger partial charge on any atom is 0.261 e. The molecule has 31 heavy (non-hydrogen) atoms. The normalized spacial score (nSPS) is 14.5. The van der Waals surface area contributed by atoms with Crippen LogP contribution in [0.2, 0.25) is 5.02 Å². The number of amides is 1. The Morgan fingerprint density at radius 2 is 1.87 bits per heavy atom. The molecule has 2 aromatic carbocycles. The maximum atomic E-state index is 13.5. The molecule has 2 heterocycles. The second-order valence-electron chi connectivity index (χ2n) is 7.03. The molecule has 1 fully saturated rings. The van der Waals surface area contributed by atoms with Crippen molar-refractivity contribution in [1.29, 1.82) is 0 Å². The second kappa shape index (κ2) is 9.82. The highest BCUT2D eigenvalue weighted by Crippen LogP contribution is 2.40. The number of halogens is 1. The first kappa shape index (κ1) is 21.8. The van der Waals surface area contributed by atoms with Gasteiger partial charge in [0.15, 0.2) is 5.13 Å². The van der Waals surface area contributed by atoms with Gasteiger partial charge >= 0.3 is 0 Å². The van der Waals surface area contributed by atoms with Crippen LogP contribution in [0.15, 0.2) is 36.4 Å². The van der Waals surface area contributed by atoms with E-state index in [4.69, 9.17) is 30.8 Å². The van der Waals surface area contributed by atoms with Gasteiger partial charge < -0.3 is 14.2 Å². The molecule has 0 N–H and O–H groups in total. The number of aromatic nitrogens is 1. The monoisotopic (exact) mass is 461 g/mol. The quantitative estimate of drug-likeness (QED) is 0.531. The van der Waals surface area contributed by atoms with Gasteiger partial charge in [-0.3, -0.25) is 14.6 Å². The number of fused-ring (bicyclic) bond motifs is 1. The fourth-order valence-corrected chi connectivity index (χ4v) is 4.84. The molecule has 0 bridgehead atoms. The van der Waals surface area contributed by atoms with Crippen molar-refractivity contribution in [3.8, 4) is 11.5 Å². The minimum Gasteiger partial charge on any atom is -0.495 e. The number of hydrogen-bond donors (Lipinski definition) is 0. The van der Waals surface area contributed by atoms with Crippen molar-refractivity contribution in [2.45, 2.75) is 0 Å². The Hall–Kier alpha value is -2.39. The summed E-state index contributed by atoms with van der Waals surface area (Å²) in [6.07, 6.45) is 0. The maximum absolute atomic E-state index is 13.5. The van der Waals surface area contributed by atoms with E-state index in [1.54, 1.807) is 31.3 Å². The van der Waals surface area contributed by atoms with Crippen molar-refractivity contribution in [2.24, 2.45) is 0 Å². The lowest BCUT2D eigenvalue weighted by Gasteiger charge is -2.29. The van der Waals surface area contributed by atoms with Crippen LogP contribution in [0, 0.1) is 0 Å². The standard InChI is InChI=1S/C22H24ClN3O4S/c1-28-17-7-8-18(29-2)20-19(17)24-22(31-20)26(10-9-25-11-13-30-14-12-25)21(27)15-5-3-4-6-16(15)23/h3-8H,9-14H2,1-2H3. The fraction of sp³-hybridized carbons (Fsp3) is 0.364. The third-order valence-corrected chi connectivity index (χ3v) is 6.65. The molecule has 1 aliphatic rings. The molecule has 0 spiro atoms. The van der Waals surface area contributed by atoms with Gasteiger partial charge in [0, 0.05) is 26.2 Å². The van der Waals surface area contributed by atoms with Crippen LogP contribution in [0.3, 0.4) is 0 Å². The number of anilines is 1. The highest BCUT2D eigenvalue weighted by molar-refractivity contribution is 7.22. The van der Waals surface area contributed by atoms with Gasteiger partial charge in [-0.25, -0.2) is 4.98 Å². The molecule has 7 nitrogen and oxygen atoms in total. The van der Waals surface area contributed by atoms with E-state index in [2.05, 4.69) is 4.90 Å². The van der Waals surface area contributed by atoms with Gasteiger partial charge in [-0.05, 0) is 24.3 Å². The smallest absolute Gasteiger partial charge is 0.261 e. The Labute approximate surface area is 190 Å². The van der Waals surface area contributed by atoms with Crippen LogP contribution in [0.4, 0.5) is 5.13 Å². The summed E-state index contributed by atoms with van der Waals surface area (Å²) >= 11 is 7.75. The van der Waals surface area contributed by atoms with E-state index in [-0.39, 0.29) is 5.91 Å². The Morgan fingerprint density at radius 3 is 2.58 bits per heavy atom. The zero-order chi connectivity index (χ0) is 21.8. The summed E-state index contributed by atoms with van der Waals surface area (Å²) in [5.74, 6) is 1.14. The molecule has 9 heteroatoms. The summed E-state index contributed by atoms with van der Waals surface area (Å²) in [7, 11) is 3.22. The summed E-state index contributed by atoms with van der Waals surface area (Å²) < 4.78 is 17.3. The van der Waals surface area contributed by atoms with Gasteiger partial charge in [-0.1, -0.05) is 35.1 Å². The number of benzene rings is 2. The zero-order valence-electron chi connectivity index (χ0n) is 17.5. The first-order chi connectivity index (χ1) is 15.1. The van der Waals surface area contributed by atoms with Crippen molar-refractivity contribution in [2.75, 3.05) is 58.5 Å². The number of hydrogen-bond acceptors (Lipinski definition) is 7. The Kier molecular flexibility index (Phi) is 6.92. The zero-order valence-corrected chi connectivity index (χ0v) is 19.0. The highest BCUT2D eigenvalue weighted by Gasteiger charge is 2.25. The Bertz CT molecular complexity index is 1030. The number of nitrogens with zero attached hydrogens (tertiary/aromatic N) is 3. The first-order valence-corrected chi connectivity index (χ1v) is 11.2. The molecule has 3 aromatic rings. The molecule has 164 valence electrons. The van der Waals surface area contributed by atoms with E-state index < -0.39 is 0 Å². The van der Waals surface area contributed by atoms with Gasteiger partial charge in [-0.2, -0.15) is 0 Å². The van der Waals surface area contributed by atoms with Crippen molar-refractivity contribution < 1.29 is 19.0 Å². The average Bonchev–Trinajstić information content (AvgIpc) is 3.24. The summed E-state index contributed by atoms with van der Waals surface area (Å²) in [6, 6.07) is 10.7. The SMILES string of the molecule is COc1ccc(OC)c2sc(N(CCN3CCOCC3)C(=O)c3ccccc3Cl)nc12. The largest absolute Gasteiger partial charge is 0.495 e. The number of ether oxygens (including phenoxy) is 3. The highest BCUT2D eigenvalue weighted by atomic mass is 35.5. The number of rotatable bonds is 7. The van der Waals surface area contributed by atoms with Crippen molar-refractivity contribution in [3.63, 3.8) is 0 Å². The van der Waals surface area contributed by atoms with E-state index in [9.17, 15) is 4.79 Å². The third kappa shape index (κ3) is 4.62. The van der Waals surface area contributed by atoms with Crippen LogP contribution in [0.25, 0.3) is 10.2 Å². The molecular weight excluding hydrogens is 438 g/mol. The van der Waals surface area contributed by atoms with E-state index >= 15 is 0 Å². The summed E-state index contributed by atoms with van der Waals surface area (Å²) in [5, 5.41) is 0.996. The van der Waals surface area contributed by atoms with Crippen LogP contribution < -0.4 is 14.4 Å². The lowest BCUT2D eigenvalue weighted by Crippen LogP contribution is -2.43. The molecular formula is C22H24ClN3O4S. The van der Waals surface area contributed by atoms with Gasteiger partial charge in [-0.15, -0.1) is 0 Å². The van der Waals surface area contributed by atoms with E-state index in [0.29, 0.717) is 59.0 Å². The van der Waals surface area contributed by atoms with Gasteiger partial charge in [0.1, 0.15) is 21.7 Å². The molecule has 1 amide bonds. The lowest BCUT2D eigenvalue weighted by atomic mass is 10.2. The number of carbonyl (C=O) groups is 1. The van der Waals surface area contributed by atoms with Crippen LogP contribution in [0.5, 0.6) is 11.5 Å². The molecule has 0 saturated carbocycles. The first-order valence-electron chi connectivity index (χ1n) is 10.0. The number of thiazole rings is 1. The molecule has 0 unspecified atom stereocenters. The molecule has 4 rings (SSSR count).